The molecule has 2 N–H and O–H groups in total. The zero-order valence-corrected chi connectivity index (χ0v) is 17.4. The zero-order chi connectivity index (χ0) is 20.8. The summed E-state index contributed by atoms with van der Waals surface area (Å²) in [7, 11) is 0. The molecule has 0 aliphatic rings. The second kappa shape index (κ2) is 9.63. The Kier molecular flexibility index (Phi) is 6.96. The van der Waals surface area contributed by atoms with Crippen molar-refractivity contribution < 1.29 is 4.79 Å². The molecular weight excluding hydrogens is 409 g/mol. The van der Waals surface area contributed by atoms with E-state index in [0.717, 1.165) is 16.7 Å². The number of hydrogen-bond donors (Lipinski definition) is 2. The first-order valence-corrected chi connectivity index (χ1v) is 9.88. The topological polar surface area (TPSA) is 63.1 Å². The molecule has 0 atom stereocenters. The Morgan fingerprint density at radius 3 is 2.45 bits per heavy atom. The van der Waals surface area contributed by atoms with E-state index in [1.54, 1.807) is 24.4 Å². The number of nitrogens with one attached hydrogen (secondary N) is 2. The smallest absolute Gasteiger partial charge is 0.274 e. The number of benzene rings is 2. The van der Waals surface area contributed by atoms with Gasteiger partial charge >= 0.3 is 0 Å². The summed E-state index contributed by atoms with van der Waals surface area (Å²) in [5, 5.41) is 6.88. The molecule has 0 saturated heterocycles. The molecule has 0 unspecified atom stereocenters. The minimum atomic E-state index is -0.268. The third-order valence-corrected chi connectivity index (χ3v) is 5.21. The molecule has 0 aliphatic heterocycles. The number of anilines is 1. The van der Waals surface area contributed by atoms with Crippen LogP contribution < -0.4 is 16.2 Å². The van der Waals surface area contributed by atoms with E-state index in [0.29, 0.717) is 28.8 Å². The number of carbonyl (C=O) groups is 1. The van der Waals surface area contributed by atoms with Crippen molar-refractivity contribution in [1.82, 2.24) is 9.88 Å². The van der Waals surface area contributed by atoms with Crippen molar-refractivity contribution >= 4 is 34.8 Å². The minimum Gasteiger partial charge on any atom is -0.376 e. The highest BCUT2D eigenvalue weighted by atomic mass is 35.5. The quantitative estimate of drug-likeness (QED) is 0.585. The summed E-state index contributed by atoms with van der Waals surface area (Å²) in [5.41, 5.74) is 2.99. The van der Waals surface area contributed by atoms with E-state index in [2.05, 4.69) is 10.6 Å². The maximum absolute atomic E-state index is 12.8. The van der Waals surface area contributed by atoms with E-state index in [9.17, 15) is 9.59 Å². The van der Waals surface area contributed by atoms with Gasteiger partial charge in [0.15, 0.2) is 0 Å². The van der Waals surface area contributed by atoms with Crippen molar-refractivity contribution in [2.45, 2.75) is 26.6 Å². The Balaban J connectivity index is 1.64. The lowest BCUT2D eigenvalue weighted by Crippen LogP contribution is -2.33. The lowest BCUT2D eigenvalue weighted by Gasteiger charge is -2.13. The lowest BCUT2D eigenvalue weighted by atomic mass is 10.2. The van der Waals surface area contributed by atoms with Crippen LogP contribution >= 0.6 is 23.2 Å². The predicted octanol–water partition coefficient (Wildman–Crippen LogP) is 4.39. The van der Waals surface area contributed by atoms with Crippen LogP contribution in [0.5, 0.6) is 0 Å². The molecule has 3 rings (SSSR count). The van der Waals surface area contributed by atoms with E-state index >= 15 is 0 Å². The maximum atomic E-state index is 12.8. The summed E-state index contributed by atoms with van der Waals surface area (Å²) in [6, 6.07) is 16.8. The number of amides is 1. The molecule has 5 nitrogen and oxygen atoms in total. The molecule has 29 heavy (non-hydrogen) atoms. The van der Waals surface area contributed by atoms with Crippen LogP contribution in [-0.2, 0) is 24.4 Å². The van der Waals surface area contributed by atoms with Gasteiger partial charge in [-0.1, -0.05) is 59.6 Å². The fourth-order valence-electron chi connectivity index (χ4n) is 2.85. The molecule has 0 saturated carbocycles. The van der Waals surface area contributed by atoms with Gasteiger partial charge in [0.05, 0.1) is 10.0 Å². The molecule has 0 radical (unpaired) electrons. The van der Waals surface area contributed by atoms with Crippen LogP contribution in [0, 0.1) is 6.92 Å². The van der Waals surface area contributed by atoms with Gasteiger partial charge in [0.1, 0.15) is 12.2 Å². The molecule has 0 fully saturated rings. The fraction of sp³-hybridized carbons (Fsp3) is 0.182. The van der Waals surface area contributed by atoms with Crippen LogP contribution in [0.4, 0.5) is 5.69 Å². The van der Waals surface area contributed by atoms with Crippen LogP contribution in [0.1, 0.15) is 16.7 Å². The van der Waals surface area contributed by atoms with Gasteiger partial charge in [0, 0.05) is 19.3 Å². The van der Waals surface area contributed by atoms with Gasteiger partial charge in [-0.15, -0.1) is 0 Å². The number of rotatable bonds is 7. The number of halogens is 2. The molecule has 0 bridgehead atoms. The summed E-state index contributed by atoms with van der Waals surface area (Å²) < 4.78 is 1.39. The summed E-state index contributed by atoms with van der Waals surface area (Å²) in [6.45, 7) is 2.63. The SMILES string of the molecule is Cc1ccn(CC(=O)NCc2ccc(Cl)c(Cl)c2)c(=O)c1NCc1ccccc1. The molecule has 1 heterocycles. The van der Waals surface area contributed by atoms with Crippen LogP contribution in [0.25, 0.3) is 0 Å². The minimum absolute atomic E-state index is 0.0690. The summed E-state index contributed by atoms with van der Waals surface area (Å²) >= 11 is 11.9. The van der Waals surface area contributed by atoms with E-state index in [1.807, 2.05) is 43.3 Å². The number of pyridine rings is 1. The molecule has 2 aromatic carbocycles. The molecule has 1 aromatic heterocycles. The van der Waals surface area contributed by atoms with Crippen molar-refractivity contribution in [1.29, 1.82) is 0 Å². The fourth-order valence-corrected chi connectivity index (χ4v) is 3.17. The van der Waals surface area contributed by atoms with Gasteiger partial charge in [-0.25, -0.2) is 0 Å². The van der Waals surface area contributed by atoms with Crippen LogP contribution in [0.15, 0.2) is 65.6 Å². The predicted molar refractivity (Wildman–Crippen MR) is 118 cm³/mol. The third kappa shape index (κ3) is 5.62. The van der Waals surface area contributed by atoms with E-state index < -0.39 is 0 Å². The highest BCUT2D eigenvalue weighted by Crippen LogP contribution is 2.22. The molecule has 1 amide bonds. The first kappa shape index (κ1) is 21.0. The third-order valence-electron chi connectivity index (χ3n) is 4.47. The number of aryl methyl sites for hydroxylation is 1. The van der Waals surface area contributed by atoms with E-state index in [1.165, 1.54) is 4.57 Å². The van der Waals surface area contributed by atoms with Crippen LogP contribution in [0.3, 0.4) is 0 Å². The lowest BCUT2D eigenvalue weighted by molar-refractivity contribution is -0.121. The highest BCUT2D eigenvalue weighted by molar-refractivity contribution is 6.42. The molecule has 7 heteroatoms. The first-order chi connectivity index (χ1) is 13.9. The average Bonchev–Trinajstić information content (AvgIpc) is 2.72. The standard InChI is InChI=1S/C22H21Cl2N3O2/c1-15-9-10-27(22(29)21(15)26-12-16-5-3-2-4-6-16)14-20(28)25-13-17-7-8-18(23)19(24)11-17/h2-11,26H,12-14H2,1H3,(H,25,28). The number of nitrogens with zero attached hydrogens (tertiary/aromatic N) is 1. The molecule has 0 aliphatic carbocycles. The van der Waals surface area contributed by atoms with Crippen molar-refractivity contribution in [3.05, 3.63) is 97.9 Å². The summed E-state index contributed by atoms with van der Waals surface area (Å²) in [5.74, 6) is -0.268. The maximum Gasteiger partial charge on any atom is 0.274 e. The Bertz CT molecular complexity index is 1070. The monoisotopic (exact) mass is 429 g/mol. The normalized spacial score (nSPS) is 10.6. The second-order valence-corrected chi connectivity index (χ2v) is 7.49. The van der Waals surface area contributed by atoms with Gasteiger partial charge in [-0.2, -0.15) is 0 Å². The Hall–Kier alpha value is -2.76. The number of aromatic nitrogens is 1. The Morgan fingerprint density at radius 2 is 1.72 bits per heavy atom. The Labute approximate surface area is 179 Å². The van der Waals surface area contributed by atoms with Crippen molar-refractivity contribution in [3.8, 4) is 0 Å². The van der Waals surface area contributed by atoms with Crippen molar-refractivity contribution in [2.24, 2.45) is 0 Å². The molecule has 150 valence electrons. The van der Waals surface area contributed by atoms with Gasteiger partial charge in [0.25, 0.3) is 5.56 Å². The largest absolute Gasteiger partial charge is 0.376 e. The molecule has 3 aromatic rings. The Morgan fingerprint density at radius 1 is 0.966 bits per heavy atom. The van der Waals surface area contributed by atoms with Gasteiger partial charge in [0.2, 0.25) is 5.91 Å². The van der Waals surface area contributed by atoms with E-state index in [-0.39, 0.29) is 18.0 Å². The van der Waals surface area contributed by atoms with Crippen LogP contribution in [0.2, 0.25) is 10.0 Å². The van der Waals surface area contributed by atoms with Crippen LogP contribution in [-0.4, -0.2) is 10.5 Å². The van der Waals surface area contributed by atoms with Gasteiger partial charge in [-0.3, -0.25) is 9.59 Å². The highest BCUT2D eigenvalue weighted by Gasteiger charge is 2.10. The number of carbonyl (C=O) groups excluding carboxylic acids is 1. The average molecular weight is 430 g/mol. The first-order valence-electron chi connectivity index (χ1n) is 9.12. The van der Waals surface area contributed by atoms with Gasteiger partial charge in [-0.05, 0) is 41.8 Å². The summed E-state index contributed by atoms with van der Waals surface area (Å²) in [6.07, 6.45) is 1.63. The second-order valence-electron chi connectivity index (χ2n) is 6.67. The van der Waals surface area contributed by atoms with Gasteiger partial charge < -0.3 is 15.2 Å². The van der Waals surface area contributed by atoms with Crippen molar-refractivity contribution in [3.63, 3.8) is 0 Å². The molecule has 0 spiro atoms. The zero-order valence-electron chi connectivity index (χ0n) is 15.9. The number of hydrogen-bond acceptors (Lipinski definition) is 3. The summed E-state index contributed by atoms with van der Waals surface area (Å²) in [4.78, 5) is 25.1. The van der Waals surface area contributed by atoms with E-state index in [4.69, 9.17) is 23.2 Å². The van der Waals surface area contributed by atoms with Crippen molar-refractivity contribution in [2.75, 3.05) is 5.32 Å². The molecular formula is C22H21Cl2N3O2.